The zero-order chi connectivity index (χ0) is 14.7. The summed E-state index contributed by atoms with van der Waals surface area (Å²) in [6.45, 7) is 15.5. The Morgan fingerprint density at radius 3 is 2.45 bits per heavy atom. The molecule has 0 radical (unpaired) electrons. The van der Waals surface area contributed by atoms with E-state index in [4.69, 9.17) is 5.73 Å². The third-order valence-corrected chi connectivity index (χ3v) is 5.77. The number of rotatable bonds is 5. The maximum absolute atomic E-state index is 6.45. The third kappa shape index (κ3) is 3.75. The normalized spacial score (nSPS) is 39.6. The second-order valence-electron chi connectivity index (χ2n) is 7.30. The van der Waals surface area contributed by atoms with Gasteiger partial charge in [-0.25, -0.2) is 0 Å². The number of hydrogen-bond donors (Lipinski definition) is 1. The van der Waals surface area contributed by atoms with Gasteiger partial charge >= 0.3 is 0 Å². The third-order valence-electron chi connectivity index (χ3n) is 5.77. The Morgan fingerprint density at radius 2 is 1.85 bits per heavy atom. The summed E-state index contributed by atoms with van der Waals surface area (Å²) in [5.74, 6) is 2.32. The van der Waals surface area contributed by atoms with Crippen molar-refractivity contribution < 1.29 is 0 Å². The SMILES string of the molecule is CCN(CC)C1CCN(CC2C(C)CC(C)CC2N)C1. The van der Waals surface area contributed by atoms with E-state index in [1.807, 2.05) is 0 Å². The second kappa shape index (κ2) is 7.24. The first-order chi connectivity index (χ1) is 9.55. The molecule has 1 heterocycles. The van der Waals surface area contributed by atoms with Gasteiger partial charge in [-0.05, 0) is 56.7 Å². The molecule has 1 saturated heterocycles. The van der Waals surface area contributed by atoms with Crippen LogP contribution in [0.2, 0.25) is 0 Å². The van der Waals surface area contributed by atoms with E-state index in [1.165, 1.54) is 52.0 Å². The number of likely N-dealkylation sites (N-methyl/N-ethyl adjacent to an activating group) is 1. The average molecular weight is 281 g/mol. The summed E-state index contributed by atoms with van der Waals surface area (Å²) in [5, 5.41) is 0. The Balaban J connectivity index is 1.85. The van der Waals surface area contributed by atoms with Crippen molar-refractivity contribution in [3.05, 3.63) is 0 Å². The average Bonchev–Trinajstić information content (AvgIpc) is 2.84. The Morgan fingerprint density at radius 1 is 1.15 bits per heavy atom. The smallest absolute Gasteiger partial charge is 0.0235 e. The van der Waals surface area contributed by atoms with Gasteiger partial charge in [0, 0.05) is 25.2 Å². The van der Waals surface area contributed by atoms with Crippen LogP contribution < -0.4 is 5.73 Å². The minimum atomic E-state index is 0.418. The number of likely N-dealkylation sites (tertiary alicyclic amines) is 1. The predicted octanol–water partition coefficient (Wildman–Crippen LogP) is 2.41. The fourth-order valence-corrected chi connectivity index (χ4v) is 4.60. The molecule has 1 aliphatic carbocycles. The van der Waals surface area contributed by atoms with Crippen LogP contribution in [0.3, 0.4) is 0 Å². The Labute approximate surface area is 125 Å². The van der Waals surface area contributed by atoms with Gasteiger partial charge in [-0.1, -0.05) is 27.7 Å². The molecule has 5 atom stereocenters. The van der Waals surface area contributed by atoms with E-state index in [0.29, 0.717) is 12.0 Å². The summed E-state index contributed by atoms with van der Waals surface area (Å²) in [5.41, 5.74) is 6.45. The van der Waals surface area contributed by atoms with Gasteiger partial charge in [-0.2, -0.15) is 0 Å². The van der Waals surface area contributed by atoms with Gasteiger partial charge in [-0.15, -0.1) is 0 Å². The fourth-order valence-electron chi connectivity index (χ4n) is 4.60. The van der Waals surface area contributed by atoms with E-state index in [9.17, 15) is 0 Å². The molecular formula is C17H35N3. The molecule has 3 nitrogen and oxygen atoms in total. The number of hydrogen-bond acceptors (Lipinski definition) is 3. The first-order valence-corrected chi connectivity index (χ1v) is 8.77. The van der Waals surface area contributed by atoms with Crippen molar-refractivity contribution in [2.45, 2.75) is 59.0 Å². The van der Waals surface area contributed by atoms with Crippen LogP contribution >= 0.6 is 0 Å². The largest absolute Gasteiger partial charge is 0.327 e. The highest BCUT2D eigenvalue weighted by Gasteiger charge is 2.35. The van der Waals surface area contributed by atoms with Crippen molar-refractivity contribution in [1.82, 2.24) is 9.80 Å². The van der Waals surface area contributed by atoms with Crippen molar-refractivity contribution in [3.8, 4) is 0 Å². The van der Waals surface area contributed by atoms with Crippen LogP contribution in [0.25, 0.3) is 0 Å². The molecule has 2 N–H and O–H groups in total. The maximum Gasteiger partial charge on any atom is 0.0235 e. The van der Waals surface area contributed by atoms with Crippen molar-refractivity contribution in [2.75, 3.05) is 32.7 Å². The first kappa shape index (κ1) is 16.3. The van der Waals surface area contributed by atoms with Crippen LogP contribution in [0.5, 0.6) is 0 Å². The molecular weight excluding hydrogens is 246 g/mol. The van der Waals surface area contributed by atoms with Crippen molar-refractivity contribution in [2.24, 2.45) is 23.5 Å². The van der Waals surface area contributed by atoms with Crippen LogP contribution in [0, 0.1) is 17.8 Å². The van der Waals surface area contributed by atoms with E-state index in [0.717, 1.165) is 17.9 Å². The molecule has 2 aliphatic rings. The number of nitrogens with two attached hydrogens (primary N) is 1. The van der Waals surface area contributed by atoms with Crippen LogP contribution in [-0.2, 0) is 0 Å². The molecule has 0 aromatic carbocycles. The van der Waals surface area contributed by atoms with Crippen molar-refractivity contribution in [3.63, 3.8) is 0 Å². The zero-order valence-corrected chi connectivity index (χ0v) is 14.0. The molecule has 20 heavy (non-hydrogen) atoms. The first-order valence-electron chi connectivity index (χ1n) is 8.77. The molecule has 0 amide bonds. The van der Waals surface area contributed by atoms with Crippen LogP contribution in [-0.4, -0.2) is 54.6 Å². The fraction of sp³-hybridized carbons (Fsp3) is 1.00. The molecule has 5 unspecified atom stereocenters. The summed E-state index contributed by atoms with van der Waals surface area (Å²) in [6.07, 6.45) is 3.93. The van der Waals surface area contributed by atoms with E-state index in [2.05, 4.69) is 37.5 Å². The summed E-state index contributed by atoms with van der Waals surface area (Å²) in [4.78, 5) is 5.30. The highest BCUT2D eigenvalue weighted by molar-refractivity contribution is 4.90. The molecule has 1 aliphatic heterocycles. The number of nitrogens with zero attached hydrogens (tertiary/aromatic N) is 2. The van der Waals surface area contributed by atoms with Crippen LogP contribution in [0.15, 0.2) is 0 Å². The van der Waals surface area contributed by atoms with Gasteiger partial charge in [0.1, 0.15) is 0 Å². The maximum atomic E-state index is 6.45. The van der Waals surface area contributed by atoms with E-state index in [-0.39, 0.29) is 0 Å². The van der Waals surface area contributed by atoms with Gasteiger partial charge in [0.15, 0.2) is 0 Å². The summed E-state index contributed by atoms with van der Waals surface area (Å²) in [6, 6.07) is 1.19. The lowest BCUT2D eigenvalue weighted by Gasteiger charge is -2.40. The topological polar surface area (TPSA) is 32.5 Å². The van der Waals surface area contributed by atoms with Gasteiger partial charge in [0.25, 0.3) is 0 Å². The van der Waals surface area contributed by atoms with Crippen molar-refractivity contribution in [1.29, 1.82) is 0 Å². The lowest BCUT2D eigenvalue weighted by Crippen LogP contribution is -2.47. The molecule has 1 saturated carbocycles. The quantitative estimate of drug-likeness (QED) is 0.840. The summed E-state index contributed by atoms with van der Waals surface area (Å²) < 4.78 is 0. The van der Waals surface area contributed by atoms with Crippen molar-refractivity contribution >= 4 is 0 Å². The highest BCUT2D eigenvalue weighted by atomic mass is 15.2. The molecule has 0 bridgehead atoms. The minimum Gasteiger partial charge on any atom is -0.327 e. The molecule has 2 fully saturated rings. The monoisotopic (exact) mass is 281 g/mol. The lowest BCUT2D eigenvalue weighted by molar-refractivity contribution is 0.123. The van der Waals surface area contributed by atoms with E-state index >= 15 is 0 Å². The molecule has 118 valence electrons. The summed E-state index contributed by atoms with van der Waals surface area (Å²) in [7, 11) is 0. The van der Waals surface area contributed by atoms with Crippen LogP contribution in [0.1, 0.15) is 47.0 Å². The highest BCUT2D eigenvalue weighted by Crippen LogP contribution is 2.34. The molecule has 0 aromatic rings. The summed E-state index contributed by atoms with van der Waals surface area (Å²) >= 11 is 0. The predicted molar refractivity (Wildman–Crippen MR) is 86.8 cm³/mol. The van der Waals surface area contributed by atoms with Gasteiger partial charge in [0.05, 0.1) is 0 Å². The Hall–Kier alpha value is -0.120. The van der Waals surface area contributed by atoms with Gasteiger partial charge in [-0.3, -0.25) is 4.90 Å². The Bertz CT molecular complexity index is 278. The second-order valence-corrected chi connectivity index (χ2v) is 7.30. The van der Waals surface area contributed by atoms with Crippen LogP contribution in [0.4, 0.5) is 0 Å². The standard InChI is InChI=1S/C17H35N3/c1-5-20(6-2)15-7-8-19(11-15)12-16-14(4)9-13(3)10-17(16)18/h13-17H,5-12,18H2,1-4H3. The van der Waals surface area contributed by atoms with E-state index in [1.54, 1.807) is 0 Å². The molecule has 3 heteroatoms. The lowest BCUT2D eigenvalue weighted by atomic mass is 9.72. The van der Waals surface area contributed by atoms with Gasteiger partial charge < -0.3 is 10.6 Å². The zero-order valence-electron chi connectivity index (χ0n) is 14.0. The molecule has 0 spiro atoms. The van der Waals surface area contributed by atoms with Gasteiger partial charge in [0.2, 0.25) is 0 Å². The molecule has 2 rings (SSSR count). The van der Waals surface area contributed by atoms with E-state index < -0.39 is 0 Å². The Kier molecular flexibility index (Phi) is 5.88. The minimum absolute atomic E-state index is 0.418. The molecule has 0 aromatic heterocycles.